The van der Waals surface area contributed by atoms with Gasteiger partial charge in [-0.05, 0) is 65.1 Å². The minimum Gasteiger partial charge on any atom is -0.372 e. The van der Waals surface area contributed by atoms with E-state index in [0.717, 1.165) is 26.1 Å². The first-order valence-electron chi connectivity index (χ1n) is 7.79. The second-order valence-electron chi connectivity index (χ2n) is 5.58. The first kappa shape index (κ1) is 17.0. The zero-order chi connectivity index (χ0) is 15.0. The van der Waals surface area contributed by atoms with E-state index in [4.69, 9.17) is 0 Å². The van der Waals surface area contributed by atoms with Gasteiger partial charge in [0.25, 0.3) is 0 Å². The average Bonchev–Trinajstić information content (AvgIpc) is 2.45. The SMILES string of the molecule is CCC(NC)c1ccc(N(CC)CCCN(C)C)cc1. The van der Waals surface area contributed by atoms with Gasteiger partial charge < -0.3 is 15.1 Å². The van der Waals surface area contributed by atoms with Crippen molar-refractivity contribution in [3.8, 4) is 0 Å². The molecule has 0 spiro atoms. The molecule has 1 unspecified atom stereocenters. The summed E-state index contributed by atoms with van der Waals surface area (Å²) in [4.78, 5) is 4.70. The van der Waals surface area contributed by atoms with Crippen LogP contribution in [0.3, 0.4) is 0 Å². The molecule has 0 aliphatic carbocycles. The zero-order valence-electron chi connectivity index (χ0n) is 13.8. The summed E-state index contributed by atoms with van der Waals surface area (Å²) >= 11 is 0. The lowest BCUT2D eigenvalue weighted by atomic mass is 10.0. The summed E-state index contributed by atoms with van der Waals surface area (Å²) in [5, 5.41) is 3.36. The van der Waals surface area contributed by atoms with Gasteiger partial charge in [0, 0.05) is 24.8 Å². The minimum absolute atomic E-state index is 0.466. The first-order valence-corrected chi connectivity index (χ1v) is 7.79. The highest BCUT2D eigenvalue weighted by Crippen LogP contribution is 2.21. The molecule has 0 aromatic heterocycles. The first-order chi connectivity index (χ1) is 9.62. The van der Waals surface area contributed by atoms with Crippen LogP contribution in [-0.4, -0.2) is 45.7 Å². The van der Waals surface area contributed by atoms with Crippen molar-refractivity contribution < 1.29 is 0 Å². The summed E-state index contributed by atoms with van der Waals surface area (Å²) in [7, 11) is 6.29. The Morgan fingerprint density at radius 3 is 2.15 bits per heavy atom. The molecule has 0 aliphatic heterocycles. The summed E-state index contributed by atoms with van der Waals surface area (Å²) in [5.74, 6) is 0. The van der Waals surface area contributed by atoms with E-state index in [9.17, 15) is 0 Å². The van der Waals surface area contributed by atoms with E-state index in [1.165, 1.54) is 17.7 Å². The summed E-state index contributed by atoms with van der Waals surface area (Å²) in [6, 6.07) is 9.50. The fourth-order valence-corrected chi connectivity index (χ4v) is 2.57. The van der Waals surface area contributed by atoms with Crippen LogP contribution in [0.1, 0.15) is 38.3 Å². The molecule has 1 N–H and O–H groups in total. The molecule has 0 amide bonds. The predicted molar refractivity (Wildman–Crippen MR) is 89.6 cm³/mol. The number of rotatable bonds is 9. The topological polar surface area (TPSA) is 18.5 Å². The summed E-state index contributed by atoms with van der Waals surface area (Å²) in [5.41, 5.74) is 2.71. The Labute approximate surface area is 125 Å². The molecular weight excluding hydrogens is 246 g/mol. The molecule has 0 saturated carbocycles. The van der Waals surface area contributed by atoms with Gasteiger partial charge in [-0.15, -0.1) is 0 Å². The highest BCUT2D eigenvalue weighted by molar-refractivity contribution is 5.47. The van der Waals surface area contributed by atoms with Gasteiger partial charge >= 0.3 is 0 Å². The van der Waals surface area contributed by atoms with Crippen LogP contribution in [0.2, 0.25) is 0 Å². The monoisotopic (exact) mass is 277 g/mol. The van der Waals surface area contributed by atoms with E-state index in [0.29, 0.717) is 6.04 Å². The van der Waals surface area contributed by atoms with Gasteiger partial charge in [-0.25, -0.2) is 0 Å². The molecule has 1 aromatic carbocycles. The van der Waals surface area contributed by atoms with Crippen molar-refractivity contribution in [1.29, 1.82) is 0 Å². The van der Waals surface area contributed by atoms with Gasteiger partial charge in [-0.2, -0.15) is 0 Å². The third-order valence-corrected chi connectivity index (χ3v) is 3.83. The minimum atomic E-state index is 0.466. The Morgan fingerprint density at radius 1 is 1.05 bits per heavy atom. The molecule has 1 atom stereocenters. The van der Waals surface area contributed by atoms with Crippen LogP contribution >= 0.6 is 0 Å². The molecule has 114 valence electrons. The smallest absolute Gasteiger partial charge is 0.0366 e. The molecule has 20 heavy (non-hydrogen) atoms. The second-order valence-corrected chi connectivity index (χ2v) is 5.58. The molecule has 0 fully saturated rings. The fraction of sp³-hybridized carbons (Fsp3) is 0.647. The van der Waals surface area contributed by atoms with Crippen molar-refractivity contribution in [3.05, 3.63) is 29.8 Å². The summed E-state index contributed by atoms with van der Waals surface area (Å²) < 4.78 is 0. The van der Waals surface area contributed by atoms with Gasteiger partial charge in [0.1, 0.15) is 0 Å². The number of hydrogen-bond donors (Lipinski definition) is 1. The standard InChI is InChI=1S/C17H31N3/c1-6-17(18-3)15-9-11-16(12-10-15)20(7-2)14-8-13-19(4)5/h9-12,17-18H,6-8,13-14H2,1-5H3. The Morgan fingerprint density at radius 2 is 1.70 bits per heavy atom. The van der Waals surface area contributed by atoms with E-state index in [1.807, 2.05) is 7.05 Å². The van der Waals surface area contributed by atoms with Crippen molar-refractivity contribution in [2.24, 2.45) is 0 Å². The van der Waals surface area contributed by atoms with E-state index in [-0.39, 0.29) is 0 Å². The number of hydrogen-bond acceptors (Lipinski definition) is 3. The number of nitrogens with zero attached hydrogens (tertiary/aromatic N) is 2. The van der Waals surface area contributed by atoms with Crippen LogP contribution in [-0.2, 0) is 0 Å². The van der Waals surface area contributed by atoms with Crippen LogP contribution in [0.4, 0.5) is 5.69 Å². The Hall–Kier alpha value is -1.06. The van der Waals surface area contributed by atoms with Gasteiger partial charge in [0.15, 0.2) is 0 Å². The van der Waals surface area contributed by atoms with Crippen LogP contribution in [0.15, 0.2) is 24.3 Å². The maximum Gasteiger partial charge on any atom is 0.0366 e. The molecular formula is C17H31N3. The molecule has 0 heterocycles. The van der Waals surface area contributed by atoms with Crippen molar-refractivity contribution in [2.45, 2.75) is 32.7 Å². The van der Waals surface area contributed by atoms with Crippen LogP contribution in [0.5, 0.6) is 0 Å². The number of nitrogens with one attached hydrogen (secondary N) is 1. The third kappa shape index (κ3) is 5.14. The molecule has 1 rings (SSSR count). The molecule has 1 aromatic rings. The summed E-state index contributed by atoms with van der Waals surface area (Å²) in [6.45, 7) is 7.78. The Balaban J connectivity index is 2.64. The van der Waals surface area contributed by atoms with Crippen molar-refractivity contribution in [1.82, 2.24) is 10.2 Å². The van der Waals surface area contributed by atoms with E-state index >= 15 is 0 Å². The summed E-state index contributed by atoms with van der Waals surface area (Å²) in [6.07, 6.45) is 2.33. The highest BCUT2D eigenvalue weighted by Gasteiger charge is 2.08. The second kappa shape index (κ2) is 8.98. The van der Waals surface area contributed by atoms with Gasteiger partial charge in [-0.1, -0.05) is 19.1 Å². The van der Waals surface area contributed by atoms with Crippen LogP contribution in [0.25, 0.3) is 0 Å². The van der Waals surface area contributed by atoms with Crippen LogP contribution < -0.4 is 10.2 Å². The maximum absolute atomic E-state index is 3.36. The fourth-order valence-electron chi connectivity index (χ4n) is 2.57. The maximum atomic E-state index is 3.36. The van der Waals surface area contributed by atoms with Crippen molar-refractivity contribution in [3.63, 3.8) is 0 Å². The van der Waals surface area contributed by atoms with Gasteiger partial charge in [-0.3, -0.25) is 0 Å². The molecule has 3 heteroatoms. The van der Waals surface area contributed by atoms with Gasteiger partial charge in [0.05, 0.1) is 0 Å². The lowest BCUT2D eigenvalue weighted by molar-refractivity contribution is 0.400. The Bertz CT molecular complexity index is 355. The highest BCUT2D eigenvalue weighted by atomic mass is 15.1. The third-order valence-electron chi connectivity index (χ3n) is 3.83. The lowest BCUT2D eigenvalue weighted by Gasteiger charge is -2.25. The predicted octanol–water partition coefficient (Wildman–Crippen LogP) is 3.14. The van der Waals surface area contributed by atoms with Crippen molar-refractivity contribution in [2.75, 3.05) is 45.7 Å². The zero-order valence-corrected chi connectivity index (χ0v) is 13.8. The number of benzene rings is 1. The average molecular weight is 277 g/mol. The normalized spacial score (nSPS) is 12.7. The van der Waals surface area contributed by atoms with E-state index in [1.54, 1.807) is 0 Å². The van der Waals surface area contributed by atoms with E-state index in [2.05, 4.69) is 67.3 Å². The largest absolute Gasteiger partial charge is 0.372 e. The Kier molecular flexibility index (Phi) is 7.63. The van der Waals surface area contributed by atoms with E-state index < -0.39 is 0 Å². The quantitative estimate of drug-likeness (QED) is 0.748. The molecule has 0 saturated heterocycles. The van der Waals surface area contributed by atoms with Gasteiger partial charge in [0.2, 0.25) is 0 Å². The molecule has 0 radical (unpaired) electrons. The van der Waals surface area contributed by atoms with Crippen molar-refractivity contribution >= 4 is 5.69 Å². The molecule has 0 aliphatic rings. The molecule has 3 nitrogen and oxygen atoms in total. The van der Waals surface area contributed by atoms with Crippen LogP contribution in [0, 0.1) is 0 Å². The molecule has 0 bridgehead atoms. The lowest BCUT2D eigenvalue weighted by Crippen LogP contribution is -2.27. The number of anilines is 1.